The van der Waals surface area contributed by atoms with E-state index in [1.54, 1.807) is 6.92 Å². The number of nitrogens with one attached hydrogen (secondary N) is 2. The van der Waals surface area contributed by atoms with E-state index in [2.05, 4.69) is 10.6 Å². The number of amides is 2. The fourth-order valence-corrected chi connectivity index (χ4v) is 3.03. The van der Waals surface area contributed by atoms with Crippen molar-refractivity contribution in [3.05, 3.63) is 59.3 Å². The molecule has 2 aromatic rings. The Morgan fingerprint density at radius 3 is 2.68 bits per heavy atom. The molecule has 2 atom stereocenters. The maximum absolute atomic E-state index is 12.7. The van der Waals surface area contributed by atoms with Crippen LogP contribution in [0.3, 0.4) is 0 Å². The minimum absolute atomic E-state index is 0.182. The lowest BCUT2D eigenvalue weighted by atomic mass is 9.91. The highest BCUT2D eigenvalue weighted by atomic mass is 16.5. The predicted octanol–water partition coefficient (Wildman–Crippen LogP) is 3.81. The van der Waals surface area contributed by atoms with Crippen LogP contribution in [0.25, 0.3) is 10.8 Å². The van der Waals surface area contributed by atoms with Crippen molar-refractivity contribution >= 4 is 22.8 Å². The van der Waals surface area contributed by atoms with Gasteiger partial charge >= 0.3 is 12.0 Å². The van der Waals surface area contributed by atoms with Gasteiger partial charge in [0.15, 0.2) is 0 Å². The van der Waals surface area contributed by atoms with E-state index >= 15 is 0 Å². The molecule has 2 aromatic carbocycles. The van der Waals surface area contributed by atoms with E-state index in [1.165, 1.54) is 0 Å². The van der Waals surface area contributed by atoms with Gasteiger partial charge < -0.3 is 15.4 Å². The van der Waals surface area contributed by atoms with Crippen LogP contribution in [0, 0.1) is 0 Å². The number of benzene rings is 2. The summed E-state index contributed by atoms with van der Waals surface area (Å²) in [6.45, 7) is 5.54. The molecule has 0 aromatic heterocycles. The van der Waals surface area contributed by atoms with E-state index < -0.39 is 12.0 Å². The van der Waals surface area contributed by atoms with Crippen molar-refractivity contribution in [1.29, 1.82) is 0 Å². The Hall–Kier alpha value is -2.82. The number of hydrogen-bond donors (Lipinski definition) is 2. The van der Waals surface area contributed by atoms with Gasteiger partial charge in [-0.15, -0.1) is 0 Å². The van der Waals surface area contributed by atoms with E-state index in [1.807, 2.05) is 56.3 Å². The molecule has 2 amide bonds. The van der Waals surface area contributed by atoms with Crippen LogP contribution in [-0.4, -0.2) is 18.1 Å². The molecule has 0 saturated heterocycles. The quantitative estimate of drug-likeness (QED) is 0.833. The van der Waals surface area contributed by atoms with Crippen molar-refractivity contribution in [2.75, 3.05) is 0 Å². The van der Waals surface area contributed by atoms with Gasteiger partial charge in [0.25, 0.3) is 0 Å². The van der Waals surface area contributed by atoms with Crippen molar-refractivity contribution in [2.24, 2.45) is 0 Å². The number of esters is 1. The third kappa shape index (κ3) is 3.36. The third-order valence-electron chi connectivity index (χ3n) is 4.51. The number of allylic oxidation sites excluding steroid dienone is 1. The Bertz CT molecular complexity index is 852. The van der Waals surface area contributed by atoms with E-state index in [4.69, 9.17) is 4.74 Å². The number of urea groups is 1. The minimum atomic E-state index is -0.545. The molecule has 1 aliphatic rings. The van der Waals surface area contributed by atoms with Crippen molar-refractivity contribution in [1.82, 2.24) is 10.6 Å². The summed E-state index contributed by atoms with van der Waals surface area (Å²) in [5, 5.41) is 7.60. The van der Waals surface area contributed by atoms with Crippen LogP contribution in [0.2, 0.25) is 0 Å². The van der Waals surface area contributed by atoms with E-state index in [0.29, 0.717) is 11.3 Å². The van der Waals surface area contributed by atoms with E-state index in [0.717, 1.165) is 22.8 Å². The largest absolute Gasteiger partial charge is 0.459 e. The molecule has 0 unspecified atom stereocenters. The number of carbonyl (C=O) groups is 2. The highest BCUT2D eigenvalue weighted by Gasteiger charge is 2.33. The molecule has 130 valence electrons. The Labute approximate surface area is 147 Å². The van der Waals surface area contributed by atoms with E-state index in [-0.39, 0.29) is 12.1 Å². The molecular formula is C20H22N2O3. The molecule has 0 fully saturated rings. The average molecular weight is 338 g/mol. The fourth-order valence-electron chi connectivity index (χ4n) is 3.03. The van der Waals surface area contributed by atoms with Crippen LogP contribution in [-0.2, 0) is 9.53 Å². The number of fused-ring (bicyclic) bond motifs is 1. The topological polar surface area (TPSA) is 67.4 Å². The van der Waals surface area contributed by atoms with Gasteiger partial charge in [-0.1, -0.05) is 49.4 Å². The summed E-state index contributed by atoms with van der Waals surface area (Å²) >= 11 is 0. The molecule has 5 nitrogen and oxygen atoms in total. The maximum Gasteiger partial charge on any atom is 0.338 e. The lowest BCUT2D eigenvalue weighted by Crippen LogP contribution is -2.45. The molecule has 0 saturated carbocycles. The minimum Gasteiger partial charge on any atom is -0.459 e. The van der Waals surface area contributed by atoms with Crippen LogP contribution in [0.1, 0.15) is 38.8 Å². The first kappa shape index (κ1) is 17.0. The monoisotopic (exact) mass is 338 g/mol. The van der Waals surface area contributed by atoms with Gasteiger partial charge in [0, 0.05) is 5.70 Å². The first-order valence-electron chi connectivity index (χ1n) is 8.48. The van der Waals surface area contributed by atoms with Crippen molar-refractivity contribution in [3.8, 4) is 0 Å². The van der Waals surface area contributed by atoms with Gasteiger partial charge in [-0.3, -0.25) is 0 Å². The van der Waals surface area contributed by atoms with Gasteiger partial charge in [0.2, 0.25) is 0 Å². The van der Waals surface area contributed by atoms with Gasteiger partial charge in [-0.05, 0) is 36.6 Å². The highest BCUT2D eigenvalue weighted by Crippen LogP contribution is 2.32. The second-order valence-electron chi connectivity index (χ2n) is 6.26. The summed E-state index contributed by atoms with van der Waals surface area (Å²) in [7, 11) is 0. The first-order valence-corrected chi connectivity index (χ1v) is 8.48. The lowest BCUT2D eigenvalue weighted by molar-refractivity contribution is -0.144. The van der Waals surface area contributed by atoms with Gasteiger partial charge in [0.1, 0.15) is 0 Å². The molecule has 0 bridgehead atoms. The Kier molecular flexibility index (Phi) is 4.74. The Morgan fingerprint density at radius 2 is 1.92 bits per heavy atom. The predicted molar refractivity (Wildman–Crippen MR) is 96.9 cm³/mol. The molecule has 0 aliphatic carbocycles. The number of hydrogen-bond acceptors (Lipinski definition) is 3. The number of rotatable bonds is 4. The zero-order valence-electron chi connectivity index (χ0n) is 14.6. The van der Waals surface area contributed by atoms with Gasteiger partial charge in [0.05, 0.1) is 17.7 Å². The molecule has 0 spiro atoms. The molecule has 1 aliphatic heterocycles. The summed E-state index contributed by atoms with van der Waals surface area (Å²) in [6.07, 6.45) is 0.551. The van der Waals surface area contributed by atoms with Crippen LogP contribution < -0.4 is 10.6 Å². The summed E-state index contributed by atoms with van der Waals surface area (Å²) in [6, 6.07) is 12.9. The second-order valence-corrected chi connectivity index (χ2v) is 6.26. The first-order chi connectivity index (χ1) is 12.0. The normalized spacial score (nSPS) is 18.5. The standard InChI is InChI=1S/C20H22N2O3/c1-4-12(2)25-19(23)17-13(3)21-20(24)22-18(17)16-11-7-9-14-8-5-6-10-15(14)16/h5-12,18H,4H2,1-3H3,(H2,21,22,24)/t12-,18-/m1/s1. The number of carbonyl (C=O) groups excluding carboxylic acids is 2. The molecule has 25 heavy (non-hydrogen) atoms. The van der Waals surface area contributed by atoms with Gasteiger partial charge in [-0.25, -0.2) is 9.59 Å². The van der Waals surface area contributed by atoms with Crippen molar-refractivity contribution in [3.63, 3.8) is 0 Å². The SMILES string of the molecule is CC[C@@H](C)OC(=O)C1=C(C)NC(=O)N[C@@H]1c1cccc2ccccc12. The van der Waals surface area contributed by atoms with Crippen molar-refractivity contribution < 1.29 is 14.3 Å². The summed E-state index contributed by atoms with van der Waals surface area (Å²) in [5.74, 6) is -0.405. The van der Waals surface area contributed by atoms with Crippen LogP contribution in [0.5, 0.6) is 0 Å². The molecule has 0 radical (unpaired) electrons. The van der Waals surface area contributed by atoms with Gasteiger partial charge in [-0.2, -0.15) is 0 Å². The molecule has 3 rings (SSSR count). The van der Waals surface area contributed by atoms with Crippen molar-refractivity contribution in [2.45, 2.75) is 39.3 Å². The average Bonchev–Trinajstić information content (AvgIpc) is 2.60. The highest BCUT2D eigenvalue weighted by molar-refractivity contribution is 5.97. The Morgan fingerprint density at radius 1 is 1.20 bits per heavy atom. The van der Waals surface area contributed by atoms with Crippen LogP contribution in [0.15, 0.2) is 53.7 Å². The maximum atomic E-state index is 12.7. The van der Waals surface area contributed by atoms with Crippen LogP contribution in [0.4, 0.5) is 4.79 Å². The summed E-state index contributed by atoms with van der Waals surface area (Å²) < 4.78 is 5.52. The fraction of sp³-hybridized carbons (Fsp3) is 0.300. The van der Waals surface area contributed by atoms with E-state index in [9.17, 15) is 9.59 Å². The summed E-state index contributed by atoms with van der Waals surface area (Å²) in [4.78, 5) is 24.8. The molecular weight excluding hydrogens is 316 g/mol. The Balaban J connectivity index is 2.09. The zero-order valence-corrected chi connectivity index (χ0v) is 14.6. The number of ether oxygens (including phenoxy) is 1. The lowest BCUT2D eigenvalue weighted by Gasteiger charge is -2.29. The molecule has 5 heteroatoms. The second kappa shape index (κ2) is 6.97. The zero-order chi connectivity index (χ0) is 18.0. The van der Waals surface area contributed by atoms with Crippen LogP contribution >= 0.6 is 0 Å². The molecule has 2 N–H and O–H groups in total. The third-order valence-corrected chi connectivity index (χ3v) is 4.51. The smallest absolute Gasteiger partial charge is 0.338 e. The molecule has 1 heterocycles. The summed E-state index contributed by atoms with van der Waals surface area (Å²) in [5.41, 5.74) is 1.84.